The standard InChI is InChI=1S/C16H15Cl2NO3S/c1-11-10-12(17)6-7-14(11)19-16(20)8-9-23(21,22)15-5-3-2-4-13(15)18/h2-7,10H,8-9H2,1H3,(H,19,20). The highest BCUT2D eigenvalue weighted by atomic mass is 35.5. The number of carbonyl (C=O) groups is 1. The minimum atomic E-state index is -3.61. The van der Waals surface area contributed by atoms with E-state index in [0.29, 0.717) is 10.7 Å². The van der Waals surface area contributed by atoms with Gasteiger partial charge in [-0.3, -0.25) is 4.79 Å². The summed E-state index contributed by atoms with van der Waals surface area (Å²) in [5, 5.41) is 3.41. The van der Waals surface area contributed by atoms with Crippen molar-refractivity contribution in [2.45, 2.75) is 18.2 Å². The summed E-state index contributed by atoms with van der Waals surface area (Å²) in [6.45, 7) is 1.81. The van der Waals surface area contributed by atoms with Crippen molar-refractivity contribution in [1.82, 2.24) is 0 Å². The summed E-state index contributed by atoms with van der Waals surface area (Å²) in [5.74, 6) is -0.694. The molecule has 2 rings (SSSR count). The van der Waals surface area contributed by atoms with Gasteiger partial charge in [0.05, 0.1) is 15.7 Å². The van der Waals surface area contributed by atoms with E-state index >= 15 is 0 Å². The van der Waals surface area contributed by atoms with Crippen LogP contribution in [0.3, 0.4) is 0 Å². The van der Waals surface area contributed by atoms with Gasteiger partial charge in [0.15, 0.2) is 9.84 Å². The third-order valence-corrected chi connectivity index (χ3v) is 5.68. The Kier molecular flexibility index (Phi) is 5.68. The van der Waals surface area contributed by atoms with Crippen molar-refractivity contribution >= 4 is 44.6 Å². The molecule has 2 aromatic rings. The first-order valence-electron chi connectivity index (χ1n) is 6.83. The Morgan fingerprint density at radius 2 is 1.83 bits per heavy atom. The highest BCUT2D eigenvalue weighted by Gasteiger charge is 2.19. The Labute approximate surface area is 145 Å². The lowest BCUT2D eigenvalue weighted by Gasteiger charge is -2.09. The Balaban J connectivity index is 2.03. The Morgan fingerprint density at radius 3 is 2.48 bits per heavy atom. The fraction of sp³-hybridized carbons (Fsp3) is 0.188. The second-order valence-corrected chi connectivity index (χ2v) is 7.93. The summed E-state index contributed by atoms with van der Waals surface area (Å²) < 4.78 is 24.5. The molecular formula is C16H15Cl2NO3S. The van der Waals surface area contributed by atoms with E-state index in [9.17, 15) is 13.2 Å². The number of aryl methyl sites for hydroxylation is 1. The predicted molar refractivity (Wildman–Crippen MR) is 92.9 cm³/mol. The maximum atomic E-state index is 12.2. The lowest BCUT2D eigenvalue weighted by molar-refractivity contribution is -0.115. The van der Waals surface area contributed by atoms with Crippen LogP contribution in [0.15, 0.2) is 47.4 Å². The molecule has 2 aromatic carbocycles. The number of carbonyl (C=O) groups excluding carboxylic acids is 1. The molecule has 1 N–H and O–H groups in total. The second kappa shape index (κ2) is 7.34. The van der Waals surface area contributed by atoms with Gasteiger partial charge in [-0.05, 0) is 42.8 Å². The van der Waals surface area contributed by atoms with Gasteiger partial charge < -0.3 is 5.32 Å². The number of hydrogen-bond donors (Lipinski definition) is 1. The van der Waals surface area contributed by atoms with E-state index in [1.54, 1.807) is 30.3 Å². The molecule has 122 valence electrons. The SMILES string of the molecule is Cc1cc(Cl)ccc1NC(=O)CCS(=O)(=O)c1ccccc1Cl. The van der Waals surface area contributed by atoms with Crippen molar-refractivity contribution in [3.05, 3.63) is 58.1 Å². The first-order chi connectivity index (χ1) is 10.8. The molecule has 0 bridgehead atoms. The van der Waals surface area contributed by atoms with Gasteiger partial charge in [-0.15, -0.1) is 0 Å². The fourth-order valence-electron chi connectivity index (χ4n) is 2.01. The topological polar surface area (TPSA) is 63.2 Å². The summed E-state index contributed by atoms with van der Waals surface area (Å²) in [4.78, 5) is 12.0. The number of sulfone groups is 1. The lowest BCUT2D eigenvalue weighted by atomic mass is 10.2. The number of benzene rings is 2. The number of nitrogens with one attached hydrogen (secondary N) is 1. The molecule has 23 heavy (non-hydrogen) atoms. The molecule has 7 heteroatoms. The molecule has 0 unspecified atom stereocenters. The second-order valence-electron chi connectivity index (χ2n) is 5.01. The quantitative estimate of drug-likeness (QED) is 0.859. The predicted octanol–water partition coefficient (Wildman–Crippen LogP) is 4.10. The summed E-state index contributed by atoms with van der Waals surface area (Å²) in [6, 6.07) is 11.2. The van der Waals surface area contributed by atoms with E-state index in [-0.39, 0.29) is 28.0 Å². The molecule has 0 aliphatic heterocycles. The summed E-state index contributed by atoms with van der Waals surface area (Å²) >= 11 is 11.7. The molecule has 0 heterocycles. The molecule has 0 fully saturated rings. The van der Waals surface area contributed by atoms with Crippen molar-refractivity contribution in [1.29, 1.82) is 0 Å². The average Bonchev–Trinajstić information content (AvgIpc) is 2.48. The molecule has 1 amide bonds. The van der Waals surface area contributed by atoms with E-state index in [2.05, 4.69) is 5.32 Å². The molecule has 0 aliphatic carbocycles. The summed E-state index contributed by atoms with van der Waals surface area (Å²) in [7, 11) is -3.61. The van der Waals surface area contributed by atoms with Gasteiger partial charge in [0.2, 0.25) is 5.91 Å². The van der Waals surface area contributed by atoms with Crippen LogP contribution < -0.4 is 5.32 Å². The summed E-state index contributed by atoms with van der Waals surface area (Å²) in [5.41, 5.74) is 1.41. The zero-order valence-corrected chi connectivity index (χ0v) is 14.7. The normalized spacial score (nSPS) is 11.3. The van der Waals surface area contributed by atoms with E-state index < -0.39 is 9.84 Å². The van der Waals surface area contributed by atoms with Gasteiger partial charge >= 0.3 is 0 Å². The van der Waals surface area contributed by atoms with Gasteiger partial charge in [0.1, 0.15) is 0 Å². The first kappa shape index (κ1) is 17.8. The van der Waals surface area contributed by atoms with Crippen LogP contribution in [-0.2, 0) is 14.6 Å². The molecule has 0 atom stereocenters. The summed E-state index contributed by atoms with van der Waals surface area (Å²) in [6.07, 6.45) is -0.157. The Bertz CT molecular complexity index is 835. The van der Waals surface area contributed by atoms with E-state index in [1.807, 2.05) is 6.92 Å². The third-order valence-electron chi connectivity index (χ3n) is 3.23. The molecule has 0 radical (unpaired) electrons. The van der Waals surface area contributed by atoms with Crippen LogP contribution in [0.2, 0.25) is 10.0 Å². The number of halogens is 2. The van der Waals surface area contributed by atoms with Crippen LogP contribution >= 0.6 is 23.2 Å². The van der Waals surface area contributed by atoms with Crippen LogP contribution in [-0.4, -0.2) is 20.1 Å². The molecule has 0 aromatic heterocycles. The number of rotatable bonds is 5. The zero-order valence-electron chi connectivity index (χ0n) is 12.3. The number of hydrogen-bond acceptors (Lipinski definition) is 3. The van der Waals surface area contributed by atoms with Crippen molar-refractivity contribution in [3.63, 3.8) is 0 Å². The smallest absolute Gasteiger partial charge is 0.225 e. The number of amides is 1. The van der Waals surface area contributed by atoms with Gasteiger partial charge in [-0.1, -0.05) is 35.3 Å². The molecule has 4 nitrogen and oxygen atoms in total. The van der Waals surface area contributed by atoms with Gasteiger partial charge in [0, 0.05) is 17.1 Å². The van der Waals surface area contributed by atoms with E-state index in [0.717, 1.165) is 5.56 Å². The average molecular weight is 372 g/mol. The fourth-order valence-corrected chi connectivity index (χ4v) is 4.05. The van der Waals surface area contributed by atoms with Crippen LogP contribution in [0, 0.1) is 6.92 Å². The Hall–Kier alpha value is -1.56. The highest BCUT2D eigenvalue weighted by molar-refractivity contribution is 7.91. The van der Waals surface area contributed by atoms with Crippen LogP contribution in [0.4, 0.5) is 5.69 Å². The largest absolute Gasteiger partial charge is 0.326 e. The van der Waals surface area contributed by atoms with Gasteiger partial charge in [-0.2, -0.15) is 0 Å². The van der Waals surface area contributed by atoms with Crippen molar-refractivity contribution in [2.24, 2.45) is 0 Å². The lowest BCUT2D eigenvalue weighted by Crippen LogP contribution is -2.18. The monoisotopic (exact) mass is 371 g/mol. The van der Waals surface area contributed by atoms with Crippen molar-refractivity contribution in [2.75, 3.05) is 11.1 Å². The maximum absolute atomic E-state index is 12.2. The zero-order chi connectivity index (χ0) is 17.0. The van der Waals surface area contributed by atoms with Gasteiger partial charge in [0.25, 0.3) is 0 Å². The molecular weight excluding hydrogens is 357 g/mol. The van der Waals surface area contributed by atoms with Gasteiger partial charge in [-0.25, -0.2) is 8.42 Å². The van der Waals surface area contributed by atoms with Crippen LogP contribution in [0.25, 0.3) is 0 Å². The molecule has 0 saturated heterocycles. The van der Waals surface area contributed by atoms with Crippen molar-refractivity contribution < 1.29 is 13.2 Å². The van der Waals surface area contributed by atoms with E-state index in [4.69, 9.17) is 23.2 Å². The van der Waals surface area contributed by atoms with E-state index in [1.165, 1.54) is 12.1 Å². The van der Waals surface area contributed by atoms with Crippen LogP contribution in [0.1, 0.15) is 12.0 Å². The minimum Gasteiger partial charge on any atom is -0.326 e. The highest BCUT2D eigenvalue weighted by Crippen LogP contribution is 2.23. The first-order valence-corrected chi connectivity index (χ1v) is 9.24. The molecule has 0 saturated carbocycles. The van der Waals surface area contributed by atoms with Crippen molar-refractivity contribution in [3.8, 4) is 0 Å². The minimum absolute atomic E-state index is 0.0390. The maximum Gasteiger partial charge on any atom is 0.225 e. The number of anilines is 1. The molecule has 0 aliphatic rings. The third kappa shape index (κ3) is 4.70. The molecule has 0 spiro atoms. The van der Waals surface area contributed by atoms with Crippen LogP contribution in [0.5, 0.6) is 0 Å². The Morgan fingerprint density at radius 1 is 1.13 bits per heavy atom.